The fraction of sp³-hybridized carbons (Fsp3) is 0.286. The number of nitrogens with one attached hydrogen (secondary N) is 2. The minimum absolute atomic E-state index is 0.0455. The molecule has 2 aromatic rings. The summed E-state index contributed by atoms with van der Waals surface area (Å²) in [5.41, 5.74) is 8.65. The van der Waals surface area contributed by atoms with Crippen molar-refractivity contribution in [3.05, 3.63) is 72.3 Å². The normalized spacial score (nSPS) is 11.0. The average molecular weight is 355 g/mol. The first-order chi connectivity index (χ1) is 11.9. The van der Waals surface area contributed by atoms with Gasteiger partial charge in [-0.3, -0.25) is 15.6 Å². The molecule has 0 radical (unpaired) electrons. The molecule has 0 heterocycles. The number of hydrogen-bond donors (Lipinski definition) is 2. The van der Waals surface area contributed by atoms with Gasteiger partial charge in [0, 0.05) is 17.1 Å². The fourth-order valence-corrected chi connectivity index (χ4v) is 3.10. The van der Waals surface area contributed by atoms with Crippen molar-refractivity contribution < 1.29 is 4.79 Å². The second-order valence-corrected chi connectivity index (χ2v) is 8.06. The number of carbonyl (C=O) groups excluding carboxylic acids is 1. The monoisotopic (exact) mass is 354 g/mol. The van der Waals surface area contributed by atoms with Gasteiger partial charge in [0.05, 0.1) is 5.70 Å². The molecule has 4 heteroatoms. The van der Waals surface area contributed by atoms with E-state index in [1.165, 1.54) is 10.5 Å². The van der Waals surface area contributed by atoms with Crippen molar-refractivity contribution >= 4 is 23.4 Å². The van der Waals surface area contributed by atoms with E-state index in [0.717, 1.165) is 11.3 Å². The zero-order valence-electron chi connectivity index (χ0n) is 15.1. The molecule has 2 rings (SSSR count). The molecule has 2 aromatic carbocycles. The van der Waals surface area contributed by atoms with Gasteiger partial charge in [0.2, 0.25) is 5.91 Å². The van der Waals surface area contributed by atoms with Gasteiger partial charge in [-0.2, -0.15) is 0 Å². The van der Waals surface area contributed by atoms with Crippen LogP contribution in [0.5, 0.6) is 0 Å². The lowest BCUT2D eigenvalue weighted by molar-refractivity contribution is -0.121. The summed E-state index contributed by atoms with van der Waals surface area (Å²) >= 11 is 1.67. The molecule has 3 nitrogen and oxygen atoms in total. The molecule has 0 bridgehead atoms. The van der Waals surface area contributed by atoms with Crippen LogP contribution in [0.2, 0.25) is 0 Å². The number of thioether (sulfide) groups is 1. The Hall–Kier alpha value is -2.20. The topological polar surface area (TPSA) is 41.1 Å². The summed E-state index contributed by atoms with van der Waals surface area (Å²) in [5, 5.41) is 0. The third-order valence-electron chi connectivity index (χ3n) is 3.79. The average Bonchev–Trinajstić information content (AvgIpc) is 2.60. The van der Waals surface area contributed by atoms with E-state index in [1.807, 2.05) is 42.5 Å². The largest absolute Gasteiger partial charge is 0.299 e. The van der Waals surface area contributed by atoms with Crippen LogP contribution in [-0.2, 0) is 10.2 Å². The second kappa shape index (κ2) is 8.77. The number of carbonyl (C=O) groups is 1. The lowest BCUT2D eigenvalue weighted by atomic mass is 9.86. The number of benzene rings is 2. The molecule has 0 spiro atoms. The molecule has 1 amide bonds. The van der Waals surface area contributed by atoms with Gasteiger partial charge in [-0.05, 0) is 28.7 Å². The van der Waals surface area contributed by atoms with E-state index in [1.54, 1.807) is 11.8 Å². The fourth-order valence-electron chi connectivity index (χ4n) is 2.23. The SMILES string of the molecule is C=C(NNC(=O)CCSc1ccccc1)c1ccc(C(C)(C)C)cc1. The van der Waals surface area contributed by atoms with Gasteiger partial charge in [0.15, 0.2) is 0 Å². The second-order valence-electron chi connectivity index (χ2n) is 6.89. The summed E-state index contributed by atoms with van der Waals surface area (Å²) in [5.74, 6) is 0.695. The molecular formula is C21H26N2OS. The number of hydrazine groups is 1. The Labute approximate surface area is 154 Å². The van der Waals surface area contributed by atoms with Gasteiger partial charge in [0.25, 0.3) is 0 Å². The van der Waals surface area contributed by atoms with E-state index in [-0.39, 0.29) is 11.3 Å². The van der Waals surface area contributed by atoms with Crippen LogP contribution >= 0.6 is 11.8 Å². The predicted octanol–water partition coefficient (Wildman–Crippen LogP) is 4.76. The maximum Gasteiger partial charge on any atom is 0.239 e. The van der Waals surface area contributed by atoms with Gasteiger partial charge in [-0.15, -0.1) is 11.8 Å². The van der Waals surface area contributed by atoms with Crippen LogP contribution in [0.3, 0.4) is 0 Å². The Kier molecular flexibility index (Phi) is 6.71. The standard InChI is InChI=1S/C21H26N2OS/c1-16(17-10-12-18(13-11-17)21(2,3)4)22-23-20(24)14-15-25-19-8-6-5-7-9-19/h5-13,22H,1,14-15H2,2-4H3,(H,23,24). The third-order valence-corrected chi connectivity index (χ3v) is 4.81. The van der Waals surface area contributed by atoms with Crippen molar-refractivity contribution in [1.29, 1.82) is 0 Å². The number of rotatable bonds is 7. The van der Waals surface area contributed by atoms with Crippen molar-refractivity contribution in [1.82, 2.24) is 10.9 Å². The molecule has 0 aliphatic heterocycles. The van der Waals surface area contributed by atoms with Crippen LogP contribution in [0.1, 0.15) is 38.3 Å². The van der Waals surface area contributed by atoms with E-state index in [2.05, 4.69) is 50.3 Å². The Morgan fingerprint density at radius 3 is 2.24 bits per heavy atom. The molecule has 132 valence electrons. The van der Waals surface area contributed by atoms with Crippen molar-refractivity contribution in [3.63, 3.8) is 0 Å². The Bertz CT molecular complexity index is 703. The summed E-state index contributed by atoms with van der Waals surface area (Å²) in [7, 11) is 0. The van der Waals surface area contributed by atoms with E-state index in [9.17, 15) is 4.79 Å². The highest BCUT2D eigenvalue weighted by Gasteiger charge is 2.13. The molecule has 0 saturated heterocycles. The van der Waals surface area contributed by atoms with Gasteiger partial charge in [-0.1, -0.05) is 69.8 Å². The molecule has 0 saturated carbocycles. The van der Waals surface area contributed by atoms with E-state index < -0.39 is 0 Å². The van der Waals surface area contributed by atoms with Crippen LogP contribution < -0.4 is 10.9 Å². The summed E-state index contributed by atoms with van der Waals surface area (Å²) < 4.78 is 0. The van der Waals surface area contributed by atoms with E-state index in [4.69, 9.17) is 0 Å². The molecule has 25 heavy (non-hydrogen) atoms. The van der Waals surface area contributed by atoms with E-state index in [0.29, 0.717) is 12.1 Å². The smallest absolute Gasteiger partial charge is 0.239 e. The van der Waals surface area contributed by atoms with Crippen molar-refractivity contribution in [2.75, 3.05) is 5.75 Å². The lowest BCUT2D eigenvalue weighted by Crippen LogP contribution is -2.36. The Morgan fingerprint density at radius 1 is 1.00 bits per heavy atom. The first-order valence-corrected chi connectivity index (χ1v) is 9.37. The Balaban J connectivity index is 1.74. The van der Waals surface area contributed by atoms with Crippen LogP contribution in [0.25, 0.3) is 5.70 Å². The number of amides is 1. The number of hydrogen-bond acceptors (Lipinski definition) is 3. The molecule has 2 N–H and O–H groups in total. The lowest BCUT2D eigenvalue weighted by Gasteiger charge is -2.19. The molecule has 0 aromatic heterocycles. The molecule has 0 aliphatic rings. The highest BCUT2D eigenvalue weighted by Crippen LogP contribution is 2.23. The first kappa shape index (κ1) is 19.1. The van der Waals surface area contributed by atoms with Gasteiger partial charge < -0.3 is 0 Å². The molecular weight excluding hydrogens is 328 g/mol. The minimum atomic E-state index is -0.0455. The Morgan fingerprint density at radius 2 is 1.64 bits per heavy atom. The molecule has 0 unspecified atom stereocenters. The maximum atomic E-state index is 11.9. The summed E-state index contributed by atoms with van der Waals surface area (Å²) in [4.78, 5) is 13.1. The maximum absolute atomic E-state index is 11.9. The van der Waals surface area contributed by atoms with Gasteiger partial charge in [-0.25, -0.2) is 0 Å². The quantitative estimate of drug-likeness (QED) is 0.556. The summed E-state index contributed by atoms with van der Waals surface area (Å²) in [6.07, 6.45) is 0.447. The van der Waals surface area contributed by atoms with Gasteiger partial charge in [0.1, 0.15) is 0 Å². The first-order valence-electron chi connectivity index (χ1n) is 8.39. The zero-order chi connectivity index (χ0) is 18.3. The van der Waals surface area contributed by atoms with Crippen LogP contribution in [0.15, 0.2) is 66.1 Å². The predicted molar refractivity (Wildman–Crippen MR) is 107 cm³/mol. The van der Waals surface area contributed by atoms with E-state index >= 15 is 0 Å². The summed E-state index contributed by atoms with van der Waals surface area (Å²) in [6.45, 7) is 10.5. The van der Waals surface area contributed by atoms with Crippen molar-refractivity contribution in [2.24, 2.45) is 0 Å². The van der Waals surface area contributed by atoms with Crippen LogP contribution in [-0.4, -0.2) is 11.7 Å². The minimum Gasteiger partial charge on any atom is -0.299 e. The van der Waals surface area contributed by atoms with Crippen LogP contribution in [0.4, 0.5) is 0 Å². The van der Waals surface area contributed by atoms with Gasteiger partial charge >= 0.3 is 0 Å². The van der Waals surface area contributed by atoms with Crippen LogP contribution in [0, 0.1) is 0 Å². The third kappa shape index (κ3) is 6.31. The summed E-state index contributed by atoms with van der Waals surface area (Å²) in [6, 6.07) is 18.3. The van der Waals surface area contributed by atoms with Crippen molar-refractivity contribution in [2.45, 2.75) is 37.5 Å². The highest BCUT2D eigenvalue weighted by atomic mass is 32.2. The zero-order valence-corrected chi connectivity index (χ0v) is 16.0. The molecule has 0 fully saturated rings. The van der Waals surface area contributed by atoms with Crippen molar-refractivity contribution in [3.8, 4) is 0 Å². The molecule has 0 aliphatic carbocycles. The highest BCUT2D eigenvalue weighted by molar-refractivity contribution is 7.99. The molecule has 0 atom stereocenters.